The van der Waals surface area contributed by atoms with Gasteiger partial charge in [0.15, 0.2) is 0 Å². The van der Waals surface area contributed by atoms with Crippen molar-refractivity contribution in [3.63, 3.8) is 0 Å². The molecule has 5 nitrogen and oxygen atoms in total. The molecule has 0 atom stereocenters. The number of anilines is 1. The van der Waals surface area contributed by atoms with E-state index in [-0.39, 0.29) is 23.0 Å². The van der Waals surface area contributed by atoms with Gasteiger partial charge >= 0.3 is 0 Å². The van der Waals surface area contributed by atoms with E-state index in [1.54, 1.807) is 17.4 Å². The van der Waals surface area contributed by atoms with Gasteiger partial charge in [-0.2, -0.15) is 0 Å². The Kier molecular flexibility index (Phi) is 6.20. The summed E-state index contributed by atoms with van der Waals surface area (Å²) in [6.07, 6.45) is 7.23. The number of halogens is 1. The molecule has 5 rings (SSSR count). The molecule has 4 aromatic rings. The molecule has 0 aliphatic carbocycles. The number of hydrogen-bond acceptors (Lipinski definition) is 5. The number of thiazole rings is 1. The van der Waals surface area contributed by atoms with E-state index in [1.807, 2.05) is 36.4 Å². The molecule has 1 saturated heterocycles. The first kappa shape index (κ1) is 21.3. The number of benzene rings is 3. The third kappa shape index (κ3) is 4.27. The van der Waals surface area contributed by atoms with Crippen molar-refractivity contribution in [2.45, 2.75) is 19.3 Å². The average molecular weight is 452 g/mol. The highest BCUT2D eigenvalue weighted by atomic mass is 35.5. The number of aromatic nitrogens is 1. The van der Waals surface area contributed by atoms with Gasteiger partial charge in [-0.1, -0.05) is 42.5 Å². The molecule has 7 heteroatoms. The summed E-state index contributed by atoms with van der Waals surface area (Å²) in [6, 6.07) is 18.0. The Balaban J connectivity index is 0.00000231. The molecule has 2 heterocycles. The molecule has 0 N–H and O–H groups in total. The van der Waals surface area contributed by atoms with Gasteiger partial charge in [0.1, 0.15) is 10.7 Å². The molecule has 0 saturated carbocycles. The molecular formula is C24H22ClN3O2S. The quantitative estimate of drug-likeness (QED) is 0.249. The van der Waals surface area contributed by atoms with Crippen LogP contribution in [0.25, 0.3) is 33.1 Å². The zero-order valence-electron chi connectivity index (χ0n) is 16.9. The minimum Gasteiger partial charge on any atom is -0.366 e. The molecule has 1 fully saturated rings. The zero-order valence-corrected chi connectivity index (χ0v) is 18.5. The van der Waals surface area contributed by atoms with Crippen LogP contribution >= 0.6 is 23.7 Å². The van der Waals surface area contributed by atoms with Crippen LogP contribution in [-0.4, -0.2) is 23.0 Å². The van der Waals surface area contributed by atoms with Crippen LogP contribution in [0.15, 0.2) is 54.6 Å². The molecule has 1 aliphatic rings. The van der Waals surface area contributed by atoms with Crippen LogP contribution in [0.3, 0.4) is 0 Å². The van der Waals surface area contributed by atoms with Crippen LogP contribution in [0.4, 0.5) is 11.4 Å². The summed E-state index contributed by atoms with van der Waals surface area (Å²) in [5.41, 5.74) is 2.72. The van der Waals surface area contributed by atoms with Gasteiger partial charge in [0.25, 0.3) is 5.69 Å². The average Bonchev–Trinajstić information content (AvgIpc) is 3.22. The van der Waals surface area contributed by atoms with Crippen molar-refractivity contribution >= 4 is 68.3 Å². The summed E-state index contributed by atoms with van der Waals surface area (Å²) in [4.78, 5) is 18.3. The van der Waals surface area contributed by atoms with Crippen LogP contribution in [0.1, 0.15) is 29.8 Å². The number of piperidine rings is 1. The van der Waals surface area contributed by atoms with Gasteiger partial charge in [0.2, 0.25) is 0 Å². The smallest absolute Gasteiger partial charge is 0.293 e. The highest BCUT2D eigenvalue weighted by Gasteiger charge is 2.21. The van der Waals surface area contributed by atoms with Crippen LogP contribution in [-0.2, 0) is 0 Å². The second-order valence-electron chi connectivity index (χ2n) is 7.57. The fourth-order valence-corrected chi connectivity index (χ4v) is 5.00. The van der Waals surface area contributed by atoms with E-state index in [4.69, 9.17) is 4.98 Å². The van der Waals surface area contributed by atoms with Crippen molar-refractivity contribution in [2.75, 3.05) is 18.0 Å². The first-order valence-corrected chi connectivity index (χ1v) is 11.0. The highest BCUT2D eigenvalue weighted by Crippen LogP contribution is 2.33. The van der Waals surface area contributed by atoms with Gasteiger partial charge in [-0.15, -0.1) is 23.7 Å². The van der Waals surface area contributed by atoms with Crippen molar-refractivity contribution in [3.05, 3.63) is 75.3 Å². The standard InChI is InChI=1S/C24H21N3O2S.ClH/c28-27(29)21-16-17(8-11-20(21)26-14-4-1-5-15-26)9-13-23-25-24-19-7-3-2-6-18(19)10-12-22(24)30-23;/h2-3,6-13,16H,1,4-5,14-15H2;1H. The zero-order chi connectivity index (χ0) is 20.5. The molecule has 158 valence electrons. The van der Waals surface area contributed by atoms with Crippen LogP contribution in [0.5, 0.6) is 0 Å². The summed E-state index contributed by atoms with van der Waals surface area (Å²) in [6.45, 7) is 1.77. The molecular weight excluding hydrogens is 430 g/mol. The third-order valence-corrected chi connectivity index (χ3v) is 6.60. The number of hydrogen-bond donors (Lipinski definition) is 0. The van der Waals surface area contributed by atoms with Crippen molar-refractivity contribution in [2.24, 2.45) is 0 Å². The Labute approximate surface area is 190 Å². The molecule has 1 aromatic heterocycles. The fraction of sp³-hybridized carbons (Fsp3) is 0.208. The van der Waals surface area contributed by atoms with Crippen molar-refractivity contribution in [1.82, 2.24) is 4.98 Å². The summed E-state index contributed by atoms with van der Waals surface area (Å²) in [7, 11) is 0. The highest BCUT2D eigenvalue weighted by molar-refractivity contribution is 7.19. The van der Waals surface area contributed by atoms with Gasteiger partial charge in [0.05, 0.1) is 15.1 Å². The lowest BCUT2D eigenvalue weighted by molar-refractivity contribution is -0.384. The number of nitro groups is 1. The Morgan fingerprint density at radius 1 is 1.00 bits per heavy atom. The van der Waals surface area contributed by atoms with E-state index in [2.05, 4.69) is 29.2 Å². The number of fused-ring (bicyclic) bond motifs is 3. The molecule has 1 aliphatic heterocycles. The molecule has 0 bridgehead atoms. The minimum atomic E-state index is -0.273. The summed E-state index contributed by atoms with van der Waals surface area (Å²) < 4.78 is 1.14. The first-order chi connectivity index (χ1) is 14.7. The Hall–Kier alpha value is -2.96. The lowest BCUT2D eigenvalue weighted by Crippen LogP contribution is -2.29. The van der Waals surface area contributed by atoms with Gasteiger partial charge in [-0.3, -0.25) is 10.1 Å². The molecule has 0 radical (unpaired) electrons. The second-order valence-corrected chi connectivity index (χ2v) is 8.63. The molecule has 0 spiro atoms. The van der Waals surface area contributed by atoms with Crippen LogP contribution in [0, 0.1) is 10.1 Å². The van der Waals surface area contributed by atoms with Crippen LogP contribution < -0.4 is 4.90 Å². The van der Waals surface area contributed by atoms with E-state index < -0.39 is 0 Å². The van der Waals surface area contributed by atoms with E-state index >= 15 is 0 Å². The van der Waals surface area contributed by atoms with E-state index in [0.717, 1.165) is 57.8 Å². The van der Waals surface area contributed by atoms with E-state index in [0.29, 0.717) is 0 Å². The van der Waals surface area contributed by atoms with Gasteiger partial charge in [-0.25, -0.2) is 4.98 Å². The molecule has 0 unspecified atom stereocenters. The first-order valence-electron chi connectivity index (χ1n) is 10.2. The van der Waals surface area contributed by atoms with Gasteiger partial charge in [-0.05, 0) is 48.4 Å². The predicted octanol–water partition coefficient (Wildman–Crippen LogP) is 6.94. The number of rotatable bonds is 4. The SMILES string of the molecule is Cl.O=[N+]([O-])c1cc(C=Cc2nc3c(ccc4ccccc43)s2)ccc1N1CCCCC1. The van der Waals surface area contributed by atoms with Crippen molar-refractivity contribution in [3.8, 4) is 0 Å². The maximum Gasteiger partial charge on any atom is 0.293 e. The molecule has 3 aromatic carbocycles. The van der Waals surface area contributed by atoms with Crippen molar-refractivity contribution < 1.29 is 4.92 Å². The maximum atomic E-state index is 11.7. The van der Waals surface area contributed by atoms with Crippen LogP contribution in [0.2, 0.25) is 0 Å². The fourth-order valence-electron chi connectivity index (χ4n) is 4.11. The molecule has 0 amide bonds. The largest absolute Gasteiger partial charge is 0.366 e. The normalized spacial score (nSPS) is 14.3. The second kappa shape index (κ2) is 9.04. The van der Waals surface area contributed by atoms with Gasteiger partial charge < -0.3 is 4.90 Å². The third-order valence-electron chi connectivity index (χ3n) is 5.61. The number of nitrogens with zero attached hydrogens (tertiary/aromatic N) is 3. The minimum absolute atomic E-state index is 0. The van der Waals surface area contributed by atoms with Gasteiger partial charge in [0, 0.05) is 24.5 Å². The summed E-state index contributed by atoms with van der Waals surface area (Å²) in [5, 5.41) is 14.9. The number of nitro benzene ring substituents is 1. The Morgan fingerprint density at radius 2 is 1.81 bits per heavy atom. The lowest BCUT2D eigenvalue weighted by Gasteiger charge is -2.28. The van der Waals surface area contributed by atoms with E-state index in [9.17, 15) is 10.1 Å². The van der Waals surface area contributed by atoms with Crippen molar-refractivity contribution in [1.29, 1.82) is 0 Å². The summed E-state index contributed by atoms with van der Waals surface area (Å²) in [5.74, 6) is 0. The Morgan fingerprint density at radius 3 is 2.61 bits per heavy atom. The lowest BCUT2D eigenvalue weighted by atomic mass is 10.1. The monoisotopic (exact) mass is 451 g/mol. The maximum absolute atomic E-state index is 11.7. The topological polar surface area (TPSA) is 59.3 Å². The summed E-state index contributed by atoms with van der Waals surface area (Å²) >= 11 is 1.63. The predicted molar refractivity (Wildman–Crippen MR) is 132 cm³/mol. The Bertz CT molecular complexity index is 1280. The van der Waals surface area contributed by atoms with E-state index in [1.165, 1.54) is 11.8 Å². The molecule has 31 heavy (non-hydrogen) atoms.